The van der Waals surface area contributed by atoms with Gasteiger partial charge in [-0.1, -0.05) is 13.8 Å². The summed E-state index contributed by atoms with van der Waals surface area (Å²) in [6.07, 6.45) is -4.14. The first-order valence-corrected chi connectivity index (χ1v) is 5.68. The Hall–Kier alpha value is -0.290. The number of nitrogens with two attached hydrogens (primary N) is 1. The fourth-order valence-corrected chi connectivity index (χ4v) is 1.55. The van der Waals surface area contributed by atoms with Gasteiger partial charge in [0.25, 0.3) is 0 Å². The second kappa shape index (κ2) is 6.45. The predicted octanol–water partition coefficient (Wildman–Crippen LogP) is 2.49. The van der Waals surface area contributed by atoms with E-state index in [2.05, 4.69) is 0 Å². The maximum Gasteiger partial charge on any atom is 0.401 e. The maximum absolute atomic E-state index is 12.3. The molecule has 1 unspecified atom stereocenters. The van der Waals surface area contributed by atoms with Crippen LogP contribution in [-0.2, 0) is 0 Å². The molecule has 0 rings (SSSR count). The van der Waals surface area contributed by atoms with Crippen molar-refractivity contribution in [2.75, 3.05) is 19.6 Å². The van der Waals surface area contributed by atoms with Crippen LogP contribution in [0.2, 0.25) is 0 Å². The van der Waals surface area contributed by atoms with E-state index in [0.29, 0.717) is 19.0 Å². The van der Waals surface area contributed by atoms with Crippen molar-refractivity contribution in [2.24, 2.45) is 17.6 Å². The molecule has 5 heteroatoms. The van der Waals surface area contributed by atoms with Gasteiger partial charge in [0.15, 0.2) is 0 Å². The molecule has 0 aliphatic rings. The molecule has 0 radical (unpaired) electrons. The summed E-state index contributed by atoms with van der Waals surface area (Å²) < 4.78 is 37.0. The molecule has 0 saturated carbocycles. The van der Waals surface area contributed by atoms with Gasteiger partial charge in [0.1, 0.15) is 0 Å². The van der Waals surface area contributed by atoms with Gasteiger partial charge in [-0.25, -0.2) is 0 Å². The topological polar surface area (TPSA) is 29.3 Å². The fourth-order valence-electron chi connectivity index (χ4n) is 1.55. The van der Waals surface area contributed by atoms with Crippen LogP contribution in [0.15, 0.2) is 0 Å². The zero-order chi connectivity index (χ0) is 12.9. The summed E-state index contributed by atoms with van der Waals surface area (Å²) in [5, 5.41) is 0. The molecule has 16 heavy (non-hydrogen) atoms. The lowest BCUT2D eigenvalue weighted by Crippen LogP contribution is -2.44. The molecule has 0 bridgehead atoms. The van der Waals surface area contributed by atoms with Gasteiger partial charge in [0, 0.05) is 12.6 Å². The van der Waals surface area contributed by atoms with E-state index in [-0.39, 0.29) is 12.0 Å². The van der Waals surface area contributed by atoms with Crippen LogP contribution in [0.5, 0.6) is 0 Å². The Balaban J connectivity index is 4.44. The van der Waals surface area contributed by atoms with Crippen LogP contribution in [0.4, 0.5) is 13.2 Å². The van der Waals surface area contributed by atoms with E-state index in [0.717, 1.165) is 0 Å². The molecule has 1 atom stereocenters. The predicted molar refractivity (Wildman–Crippen MR) is 60.1 cm³/mol. The quantitative estimate of drug-likeness (QED) is 0.773. The maximum atomic E-state index is 12.3. The normalized spacial score (nSPS) is 15.2. The van der Waals surface area contributed by atoms with Gasteiger partial charge >= 0.3 is 6.18 Å². The number of rotatable bonds is 6. The average molecular weight is 240 g/mol. The van der Waals surface area contributed by atoms with Gasteiger partial charge in [-0.3, -0.25) is 4.90 Å². The highest BCUT2D eigenvalue weighted by molar-refractivity contribution is 4.74. The van der Waals surface area contributed by atoms with E-state index in [9.17, 15) is 13.2 Å². The number of hydrogen-bond donors (Lipinski definition) is 1. The van der Waals surface area contributed by atoms with Crippen LogP contribution in [0.1, 0.15) is 27.7 Å². The van der Waals surface area contributed by atoms with Crippen LogP contribution in [-0.4, -0.2) is 36.8 Å². The van der Waals surface area contributed by atoms with Crippen LogP contribution < -0.4 is 5.73 Å². The van der Waals surface area contributed by atoms with Crippen molar-refractivity contribution in [2.45, 2.75) is 39.9 Å². The largest absolute Gasteiger partial charge is 0.401 e. The summed E-state index contributed by atoms with van der Waals surface area (Å²) in [7, 11) is 0. The highest BCUT2D eigenvalue weighted by Gasteiger charge is 2.32. The Morgan fingerprint density at radius 3 is 1.88 bits per heavy atom. The van der Waals surface area contributed by atoms with E-state index >= 15 is 0 Å². The zero-order valence-corrected chi connectivity index (χ0v) is 10.5. The van der Waals surface area contributed by atoms with E-state index < -0.39 is 12.7 Å². The fraction of sp³-hybridized carbons (Fsp3) is 1.00. The smallest absolute Gasteiger partial charge is 0.330 e. The lowest BCUT2D eigenvalue weighted by Gasteiger charge is -2.32. The van der Waals surface area contributed by atoms with E-state index in [1.54, 1.807) is 13.8 Å². The molecule has 0 aromatic rings. The minimum Gasteiger partial charge on any atom is -0.330 e. The second-order valence-electron chi connectivity index (χ2n) is 4.88. The van der Waals surface area contributed by atoms with E-state index in [4.69, 9.17) is 5.73 Å². The second-order valence-corrected chi connectivity index (χ2v) is 4.88. The lowest BCUT2D eigenvalue weighted by molar-refractivity contribution is -0.151. The molecule has 0 aliphatic heterocycles. The van der Waals surface area contributed by atoms with E-state index in [1.165, 1.54) is 4.90 Å². The van der Waals surface area contributed by atoms with Crippen molar-refractivity contribution in [1.82, 2.24) is 4.90 Å². The molecule has 0 aromatic heterocycles. The molecule has 0 spiro atoms. The SMILES string of the molecule is CC(C)C(CN)CN(CC(F)(F)F)C(C)C. The van der Waals surface area contributed by atoms with Crippen molar-refractivity contribution in [3.63, 3.8) is 0 Å². The molecule has 0 amide bonds. The third kappa shape index (κ3) is 6.33. The summed E-state index contributed by atoms with van der Waals surface area (Å²) in [6, 6.07) is -0.116. The molecular weight excluding hydrogens is 217 g/mol. The minimum absolute atomic E-state index is 0.116. The van der Waals surface area contributed by atoms with Crippen LogP contribution in [0.25, 0.3) is 0 Å². The van der Waals surface area contributed by atoms with Gasteiger partial charge in [-0.15, -0.1) is 0 Å². The minimum atomic E-state index is -4.14. The van der Waals surface area contributed by atoms with Gasteiger partial charge in [-0.05, 0) is 32.2 Å². The Morgan fingerprint density at radius 1 is 1.12 bits per heavy atom. The summed E-state index contributed by atoms with van der Waals surface area (Å²) in [6.45, 7) is 7.52. The first-order valence-electron chi connectivity index (χ1n) is 5.68. The molecular formula is C11H23F3N2. The number of hydrogen-bond acceptors (Lipinski definition) is 2. The van der Waals surface area contributed by atoms with Gasteiger partial charge < -0.3 is 5.73 Å². The molecule has 0 aromatic carbocycles. The summed E-state index contributed by atoms with van der Waals surface area (Å²) in [4.78, 5) is 1.44. The van der Waals surface area contributed by atoms with Crippen molar-refractivity contribution < 1.29 is 13.2 Å². The highest BCUT2D eigenvalue weighted by atomic mass is 19.4. The third-order valence-electron chi connectivity index (χ3n) is 2.83. The zero-order valence-electron chi connectivity index (χ0n) is 10.5. The van der Waals surface area contributed by atoms with Gasteiger partial charge in [-0.2, -0.15) is 13.2 Å². The summed E-state index contributed by atoms with van der Waals surface area (Å²) in [5.41, 5.74) is 5.58. The molecule has 0 fully saturated rings. The average Bonchev–Trinajstić information content (AvgIpc) is 2.09. The Labute approximate surface area is 96.0 Å². The number of nitrogens with zero attached hydrogens (tertiary/aromatic N) is 1. The van der Waals surface area contributed by atoms with Crippen LogP contribution in [0.3, 0.4) is 0 Å². The molecule has 0 heterocycles. The monoisotopic (exact) mass is 240 g/mol. The Morgan fingerprint density at radius 2 is 1.62 bits per heavy atom. The number of alkyl halides is 3. The standard InChI is InChI=1S/C11H23F3N2/c1-8(2)10(5-15)6-16(9(3)4)7-11(12,13)14/h8-10H,5-7,15H2,1-4H3. The molecule has 2 nitrogen and oxygen atoms in total. The van der Waals surface area contributed by atoms with Crippen LogP contribution >= 0.6 is 0 Å². The first kappa shape index (κ1) is 15.7. The Kier molecular flexibility index (Phi) is 6.33. The van der Waals surface area contributed by atoms with Gasteiger partial charge in [0.2, 0.25) is 0 Å². The van der Waals surface area contributed by atoms with E-state index in [1.807, 2.05) is 13.8 Å². The van der Waals surface area contributed by atoms with Crippen molar-refractivity contribution >= 4 is 0 Å². The Bertz CT molecular complexity index is 190. The third-order valence-corrected chi connectivity index (χ3v) is 2.83. The van der Waals surface area contributed by atoms with Crippen molar-refractivity contribution in [1.29, 1.82) is 0 Å². The molecule has 2 N–H and O–H groups in total. The van der Waals surface area contributed by atoms with Gasteiger partial charge in [0.05, 0.1) is 6.54 Å². The van der Waals surface area contributed by atoms with Crippen molar-refractivity contribution in [3.05, 3.63) is 0 Å². The summed E-state index contributed by atoms with van der Waals surface area (Å²) in [5.74, 6) is 0.421. The summed E-state index contributed by atoms with van der Waals surface area (Å²) >= 11 is 0. The van der Waals surface area contributed by atoms with Crippen LogP contribution in [0, 0.1) is 11.8 Å². The first-order chi connectivity index (χ1) is 7.17. The molecule has 98 valence electrons. The molecule has 0 saturated heterocycles. The lowest BCUT2D eigenvalue weighted by atomic mass is 9.95. The molecule has 0 aliphatic carbocycles. The van der Waals surface area contributed by atoms with Crippen molar-refractivity contribution in [3.8, 4) is 0 Å². The highest BCUT2D eigenvalue weighted by Crippen LogP contribution is 2.20. The number of halogens is 3.